The number of carbonyl (C=O) groups excluding carboxylic acids is 5. The molecule has 0 saturated heterocycles. The minimum Gasteiger partial charge on any atom is -0.465 e. The lowest BCUT2D eigenvalue weighted by atomic mass is 10.1. The lowest BCUT2D eigenvalue weighted by Crippen LogP contribution is -2.18. The van der Waals surface area contributed by atoms with Crippen LogP contribution in [0.1, 0.15) is 47.0 Å². The number of esters is 2. The first-order chi connectivity index (χ1) is 24.7. The molecule has 5 aromatic carbocycles. The second kappa shape index (κ2) is 16.8. The molecule has 3 N–H and O–H groups in total. The van der Waals surface area contributed by atoms with E-state index in [-0.39, 0.29) is 51.6 Å². The van der Waals surface area contributed by atoms with E-state index in [4.69, 9.17) is 14.2 Å². The zero-order valence-corrected chi connectivity index (χ0v) is 27.4. The van der Waals surface area contributed by atoms with E-state index in [1.54, 1.807) is 48.5 Å². The van der Waals surface area contributed by atoms with E-state index < -0.39 is 29.8 Å². The molecular formula is C38H31N5O8. The smallest absolute Gasteiger partial charge is 0.412 e. The van der Waals surface area contributed by atoms with Crippen LogP contribution in [0.5, 0.6) is 0 Å². The van der Waals surface area contributed by atoms with Gasteiger partial charge < -0.3 is 24.8 Å². The molecule has 51 heavy (non-hydrogen) atoms. The molecule has 0 spiro atoms. The maximum absolute atomic E-state index is 13.6. The second-order valence-electron chi connectivity index (χ2n) is 10.7. The van der Waals surface area contributed by atoms with Crippen molar-refractivity contribution in [3.63, 3.8) is 0 Å². The first-order valence-corrected chi connectivity index (χ1v) is 15.4. The Morgan fingerprint density at radius 1 is 0.549 bits per heavy atom. The van der Waals surface area contributed by atoms with Crippen LogP contribution in [0.4, 0.5) is 33.2 Å². The summed E-state index contributed by atoms with van der Waals surface area (Å²) in [6.07, 6.45) is -0.710. The van der Waals surface area contributed by atoms with E-state index in [0.29, 0.717) is 5.69 Å². The normalized spacial score (nSPS) is 10.5. The highest BCUT2D eigenvalue weighted by Gasteiger charge is 2.19. The van der Waals surface area contributed by atoms with Crippen LogP contribution in [0.2, 0.25) is 0 Å². The van der Waals surface area contributed by atoms with Gasteiger partial charge in [0.25, 0.3) is 11.8 Å². The molecule has 3 amide bonds. The number of para-hydroxylation sites is 3. The number of benzene rings is 5. The van der Waals surface area contributed by atoms with Crippen molar-refractivity contribution in [3.05, 3.63) is 149 Å². The van der Waals surface area contributed by atoms with Crippen LogP contribution in [-0.2, 0) is 20.8 Å². The van der Waals surface area contributed by atoms with E-state index in [1.165, 1.54) is 56.7 Å². The lowest BCUT2D eigenvalue weighted by Gasteiger charge is -2.12. The molecule has 5 rings (SSSR count). The van der Waals surface area contributed by atoms with E-state index >= 15 is 0 Å². The van der Waals surface area contributed by atoms with Crippen LogP contribution in [0.3, 0.4) is 0 Å². The number of carbonyl (C=O) groups is 5. The SMILES string of the molecule is COC(=O)c1ccccc1NC(=O)c1cc(N=Nc2ccccc2NC(=O)OCc2ccccc2)cc(C(=O)Nc2ccccc2C(=O)OC)c1. The first kappa shape index (κ1) is 35.2. The number of rotatable bonds is 11. The molecule has 13 nitrogen and oxygen atoms in total. The number of anilines is 3. The van der Waals surface area contributed by atoms with Crippen molar-refractivity contribution < 1.29 is 38.2 Å². The van der Waals surface area contributed by atoms with Gasteiger partial charge in [-0.3, -0.25) is 14.9 Å². The molecule has 0 bridgehead atoms. The summed E-state index contributed by atoms with van der Waals surface area (Å²) >= 11 is 0. The van der Waals surface area contributed by atoms with Gasteiger partial charge >= 0.3 is 18.0 Å². The molecule has 5 aromatic rings. The summed E-state index contributed by atoms with van der Waals surface area (Å²) in [5, 5.41) is 16.6. The van der Waals surface area contributed by atoms with Crippen LogP contribution in [0, 0.1) is 0 Å². The fourth-order valence-corrected chi connectivity index (χ4v) is 4.73. The fraction of sp³-hybridized carbons (Fsp3) is 0.0789. The van der Waals surface area contributed by atoms with E-state index in [9.17, 15) is 24.0 Å². The number of nitrogens with one attached hydrogen (secondary N) is 3. The molecule has 0 aromatic heterocycles. The molecule has 13 heteroatoms. The van der Waals surface area contributed by atoms with Crippen LogP contribution < -0.4 is 16.0 Å². The Morgan fingerprint density at radius 3 is 1.59 bits per heavy atom. The molecule has 0 aliphatic heterocycles. The summed E-state index contributed by atoms with van der Waals surface area (Å²) in [6, 6.07) is 32.4. The standard InChI is InChI=1S/C38H31N5O8/c1-49-36(46)28-14-6-8-16-30(28)39-34(44)25-20-26(35(45)40-31-17-9-7-15-29(31)37(47)50-2)22-27(21-25)42-43-33-19-11-10-18-32(33)41-38(48)51-23-24-12-4-3-5-13-24/h3-22H,23H2,1-2H3,(H,39,44)(H,40,45)(H,41,48). The summed E-state index contributed by atoms with van der Waals surface area (Å²) in [4.78, 5) is 64.3. The summed E-state index contributed by atoms with van der Waals surface area (Å²) in [5.74, 6) is -2.66. The second-order valence-corrected chi connectivity index (χ2v) is 10.7. The van der Waals surface area contributed by atoms with Crippen molar-refractivity contribution in [1.29, 1.82) is 0 Å². The Kier molecular flexibility index (Phi) is 11.6. The van der Waals surface area contributed by atoms with E-state index in [0.717, 1.165) is 5.56 Å². The average molecular weight is 686 g/mol. The summed E-state index contributed by atoms with van der Waals surface area (Å²) in [5.41, 5.74) is 2.04. The van der Waals surface area contributed by atoms with Crippen LogP contribution >= 0.6 is 0 Å². The third kappa shape index (κ3) is 9.27. The van der Waals surface area contributed by atoms with Gasteiger partial charge in [-0.25, -0.2) is 14.4 Å². The summed E-state index contributed by atoms with van der Waals surface area (Å²) in [7, 11) is 2.44. The average Bonchev–Trinajstić information content (AvgIpc) is 3.16. The third-order valence-electron chi connectivity index (χ3n) is 7.23. The Hall–Kier alpha value is -7.15. The van der Waals surface area contributed by atoms with Gasteiger partial charge in [-0.1, -0.05) is 66.7 Å². The molecule has 0 heterocycles. The summed E-state index contributed by atoms with van der Waals surface area (Å²) in [6.45, 7) is 0.0598. The van der Waals surface area contributed by atoms with Gasteiger partial charge in [-0.2, -0.15) is 5.11 Å². The Labute approximate surface area is 292 Å². The molecule has 0 radical (unpaired) electrons. The van der Waals surface area contributed by atoms with Gasteiger partial charge in [-0.15, -0.1) is 5.11 Å². The van der Waals surface area contributed by atoms with Crippen LogP contribution in [0.25, 0.3) is 0 Å². The van der Waals surface area contributed by atoms with Crippen molar-refractivity contribution in [3.8, 4) is 0 Å². The Morgan fingerprint density at radius 2 is 1.04 bits per heavy atom. The minimum absolute atomic E-state index is 0.00609. The highest BCUT2D eigenvalue weighted by molar-refractivity contribution is 6.12. The molecule has 0 unspecified atom stereocenters. The van der Waals surface area contributed by atoms with Crippen LogP contribution in [-0.4, -0.2) is 44.1 Å². The minimum atomic E-state index is -0.710. The highest BCUT2D eigenvalue weighted by atomic mass is 16.5. The largest absolute Gasteiger partial charge is 0.465 e. The molecule has 0 aliphatic carbocycles. The Bertz CT molecular complexity index is 2030. The number of hydrogen-bond acceptors (Lipinski definition) is 10. The number of azo groups is 1. The number of amides is 3. The number of nitrogens with zero attached hydrogens (tertiary/aromatic N) is 2. The molecule has 0 aliphatic rings. The molecule has 0 saturated carbocycles. The number of hydrogen-bond donors (Lipinski definition) is 3. The zero-order chi connectivity index (χ0) is 36.2. The number of methoxy groups -OCH3 is 2. The maximum atomic E-state index is 13.6. The summed E-state index contributed by atoms with van der Waals surface area (Å²) < 4.78 is 15.0. The molecular weight excluding hydrogens is 654 g/mol. The zero-order valence-electron chi connectivity index (χ0n) is 27.4. The highest BCUT2D eigenvalue weighted by Crippen LogP contribution is 2.29. The topological polar surface area (TPSA) is 174 Å². The van der Waals surface area contributed by atoms with Gasteiger partial charge in [-0.05, 0) is 60.2 Å². The van der Waals surface area contributed by atoms with Crippen LogP contribution in [0.15, 0.2) is 132 Å². The van der Waals surface area contributed by atoms with Crippen molar-refractivity contribution in [2.45, 2.75) is 6.61 Å². The molecule has 256 valence electrons. The van der Waals surface area contributed by atoms with Gasteiger partial charge in [0.15, 0.2) is 0 Å². The lowest BCUT2D eigenvalue weighted by molar-refractivity contribution is 0.0592. The Balaban J connectivity index is 1.45. The quantitative estimate of drug-likeness (QED) is 0.0714. The van der Waals surface area contributed by atoms with Crippen molar-refractivity contribution >= 4 is 58.3 Å². The monoisotopic (exact) mass is 685 g/mol. The van der Waals surface area contributed by atoms with E-state index in [2.05, 4.69) is 26.2 Å². The van der Waals surface area contributed by atoms with Crippen molar-refractivity contribution in [2.75, 3.05) is 30.2 Å². The van der Waals surface area contributed by atoms with Crippen molar-refractivity contribution in [1.82, 2.24) is 0 Å². The molecule has 0 fully saturated rings. The number of ether oxygens (including phenoxy) is 3. The predicted molar refractivity (Wildman–Crippen MR) is 189 cm³/mol. The van der Waals surface area contributed by atoms with Crippen molar-refractivity contribution in [2.24, 2.45) is 10.2 Å². The maximum Gasteiger partial charge on any atom is 0.412 e. The van der Waals surface area contributed by atoms with Gasteiger partial charge in [0.05, 0.1) is 48.1 Å². The van der Waals surface area contributed by atoms with Gasteiger partial charge in [0, 0.05) is 11.1 Å². The first-order valence-electron chi connectivity index (χ1n) is 15.4. The van der Waals surface area contributed by atoms with Gasteiger partial charge in [0.1, 0.15) is 12.3 Å². The van der Waals surface area contributed by atoms with E-state index in [1.807, 2.05) is 30.3 Å². The third-order valence-corrected chi connectivity index (χ3v) is 7.23. The van der Waals surface area contributed by atoms with Gasteiger partial charge in [0.2, 0.25) is 0 Å². The molecule has 0 atom stereocenters. The predicted octanol–water partition coefficient (Wildman–Crippen LogP) is 7.93. The fourth-order valence-electron chi connectivity index (χ4n) is 4.73.